The van der Waals surface area contributed by atoms with Gasteiger partial charge in [-0.15, -0.1) is 10.2 Å². The Morgan fingerprint density at radius 2 is 2.04 bits per heavy atom. The van der Waals surface area contributed by atoms with Gasteiger partial charge in [-0.2, -0.15) is 0 Å². The van der Waals surface area contributed by atoms with Crippen molar-refractivity contribution < 1.29 is 19.1 Å². The number of nitrogens with one attached hydrogen (secondary N) is 2. The lowest BCUT2D eigenvalue weighted by molar-refractivity contribution is -0.137. The van der Waals surface area contributed by atoms with Crippen LogP contribution in [0.25, 0.3) is 10.6 Å². The molecule has 0 unspecified atom stereocenters. The van der Waals surface area contributed by atoms with E-state index in [1.807, 2.05) is 6.92 Å². The zero-order chi connectivity index (χ0) is 18.6. The summed E-state index contributed by atoms with van der Waals surface area (Å²) in [5.74, 6) is -1.29. The molecule has 1 aromatic heterocycles. The van der Waals surface area contributed by atoms with Crippen molar-refractivity contribution in [1.29, 1.82) is 0 Å². The zero-order valence-corrected chi connectivity index (χ0v) is 14.9. The van der Waals surface area contributed by atoms with E-state index < -0.39 is 17.5 Å². The molecule has 0 radical (unpaired) electrons. The molecule has 3 N–H and O–H groups in total. The Morgan fingerprint density at radius 1 is 1.32 bits per heavy atom. The van der Waals surface area contributed by atoms with Gasteiger partial charge in [0.25, 0.3) is 0 Å². The molecule has 7 nitrogen and oxygen atoms in total. The van der Waals surface area contributed by atoms with Gasteiger partial charge in [-0.3, -0.25) is 10.1 Å². The molecule has 0 aliphatic carbocycles. The molecule has 0 fully saturated rings. The average Bonchev–Trinajstić information content (AvgIpc) is 2.95. The Bertz CT molecular complexity index is 791. The van der Waals surface area contributed by atoms with Crippen LogP contribution in [0.1, 0.15) is 32.3 Å². The Hall–Kier alpha value is -2.55. The summed E-state index contributed by atoms with van der Waals surface area (Å²) >= 11 is 1.13. The average molecular weight is 366 g/mol. The highest BCUT2D eigenvalue weighted by atomic mass is 32.1. The molecular weight excluding hydrogens is 347 g/mol. The zero-order valence-electron chi connectivity index (χ0n) is 14.1. The first-order valence-electron chi connectivity index (χ1n) is 7.57. The first kappa shape index (κ1) is 18.8. The number of carbonyl (C=O) groups excluding carboxylic acids is 1. The van der Waals surface area contributed by atoms with E-state index in [9.17, 15) is 14.0 Å². The number of aryl methyl sites for hydroxylation is 1. The van der Waals surface area contributed by atoms with Crippen LogP contribution in [-0.2, 0) is 4.79 Å². The summed E-state index contributed by atoms with van der Waals surface area (Å²) < 4.78 is 13.4. The van der Waals surface area contributed by atoms with Crippen LogP contribution in [0.3, 0.4) is 0 Å². The molecule has 0 aliphatic rings. The van der Waals surface area contributed by atoms with Crippen LogP contribution >= 0.6 is 11.3 Å². The van der Waals surface area contributed by atoms with Crippen molar-refractivity contribution in [3.8, 4) is 10.6 Å². The molecule has 25 heavy (non-hydrogen) atoms. The summed E-state index contributed by atoms with van der Waals surface area (Å²) in [5, 5.41) is 22.6. The van der Waals surface area contributed by atoms with Crippen molar-refractivity contribution >= 4 is 28.5 Å². The first-order valence-corrected chi connectivity index (χ1v) is 8.39. The van der Waals surface area contributed by atoms with Crippen molar-refractivity contribution in [2.75, 3.05) is 5.32 Å². The summed E-state index contributed by atoms with van der Waals surface area (Å²) in [4.78, 5) is 22.7. The molecule has 0 spiro atoms. The number of amides is 2. The molecule has 0 atom stereocenters. The van der Waals surface area contributed by atoms with Gasteiger partial charge in [0.1, 0.15) is 10.8 Å². The SMILES string of the molecule is Cc1ccc(F)cc1-c1nnc(NC(=O)NC(C)(C)CCC(=O)O)s1. The molecule has 2 rings (SSSR count). The number of nitrogens with zero attached hydrogens (tertiary/aromatic N) is 2. The van der Waals surface area contributed by atoms with Crippen LogP contribution in [0, 0.1) is 12.7 Å². The fraction of sp³-hybridized carbons (Fsp3) is 0.375. The van der Waals surface area contributed by atoms with E-state index in [4.69, 9.17) is 5.11 Å². The van der Waals surface area contributed by atoms with E-state index >= 15 is 0 Å². The number of anilines is 1. The second-order valence-corrected chi connectivity index (χ2v) is 7.21. The van der Waals surface area contributed by atoms with E-state index in [0.29, 0.717) is 17.0 Å². The van der Waals surface area contributed by atoms with Crippen molar-refractivity contribution in [2.45, 2.75) is 39.2 Å². The minimum Gasteiger partial charge on any atom is -0.481 e. The lowest BCUT2D eigenvalue weighted by Crippen LogP contribution is -2.45. The van der Waals surface area contributed by atoms with Crippen LogP contribution in [-0.4, -0.2) is 32.8 Å². The highest BCUT2D eigenvalue weighted by Gasteiger charge is 2.22. The third-order valence-corrected chi connectivity index (χ3v) is 4.36. The Labute approximate surface area is 148 Å². The van der Waals surface area contributed by atoms with Crippen molar-refractivity contribution in [3.63, 3.8) is 0 Å². The van der Waals surface area contributed by atoms with Gasteiger partial charge in [-0.25, -0.2) is 9.18 Å². The number of hydrogen-bond acceptors (Lipinski definition) is 5. The normalized spacial score (nSPS) is 11.2. The summed E-state index contributed by atoms with van der Waals surface area (Å²) in [6.07, 6.45) is 0.245. The van der Waals surface area contributed by atoms with Crippen LogP contribution in [0.5, 0.6) is 0 Å². The summed E-state index contributed by atoms with van der Waals surface area (Å²) in [5.41, 5.74) is 0.783. The van der Waals surface area contributed by atoms with Gasteiger partial charge < -0.3 is 10.4 Å². The second kappa shape index (κ2) is 7.56. The number of aromatic nitrogens is 2. The fourth-order valence-electron chi connectivity index (χ4n) is 2.12. The molecule has 134 valence electrons. The standard InChI is InChI=1S/C16H19FN4O3S/c1-9-4-5-10(17)8-11(9)13-20-21-15(25-13)18-14(24)19-16(2,3)7-6-12(22)23/h4-5,8H,6-7H2,1-3H3,(H,22,23)(H2,18,19,21,24). The number of aliphatic carboxylic acids is 1. The van der Waals surface area contributed by atoms with Crippen molar-refractivity contribution in [3.05, 3.63) is 29.6 Å². The monoisotopic (exact) mass is 366 g/mol. The van der Waals surface area contributed by atoms with Crippen LogP contribution < -0.4 is 10.6 Å². The van der Waals surface area contributed by atoms with E-state index in [-0.39, 0.29) is 17.4 Å². The lowest BCUT2D eigenvalue weighted by Gasteiger charge is -2.25. The number of carboxylic acids is 1. The number of carbonyl (C=O) groups is 2. The maximum atomic E-state index is 13.4. The van der Waals surface area contributed by atoms with Gasteiger partial charge in [0, 0.05) is 17.5 Å². The van der Waals surface area contributed by atoms with Crippen molar-refractivity contribution in [2.24, 2.45) is 0 Å². The van der Waals surface area contributed by atoms with E-state index in [0.717, 1.165) is 16.9 Å². The molecule has 9 heteroatoms. The molecule has 0 aliphatic heterocycles. The van der Waals surface area contributed by atoms with Gasteiger partial charge in [0.2, 0.25) is 5.13 Å². The fourth-order valence-corrected chi connectivity index (χ4v) is 2.94. The van der Waals surface area contributed by atoms with E-state index in [1.54, 1.807) is 19.9 Å². The third-order valence-electron chi connectivity index (χ3n) is 3.49. The maximum absolute atomic E-state index is 13.4. The molecule has 0 saturated heterocycles. The largest absolute Gasteiger partial charge is 0.481 e. The molecule has 1 aromatic carbocycles. The van der Waals surface area contributed by atoms with E-state index in [1.165, 1.54) is 12.1 Å². The smallest absolute Gasteiger partial charge is 0.321 e. The topological polar surface area (TPSA) is 104 Å². The quantitative estimate of drug-likeness (QED) is 0.727. The number of rotatable bonds is 6. The summed E-state index contributed by atoms with van der Waals surface area (Å²) in [6, 6.07) is 3.88. The van der Waals surface area contributed by atoms with Gasteiger partial charge in [0.05, 0.1) is 0 Å². The minimum atomic E-state index is -0.922. The number of urea groups is 1. The maximum Gasteiger partial charge on any atom is 0.321 e. The Morgan fingerprint density at radius 3 is 2.72 bits per heavy atom. The summed E-state index contributed by atoms with van der Waals surface area (Å²) in [7, 11) is 0. The minimum absolute atomic E-state index is 0.0465. The molecular formula is C16H19FN4O3S. The molecule has 1 heterocycles. The number of carboxylic acid groups (broad SMARTS) is 1. The predicted octanol–water partition coefficient (Wildman–Crippen LogP) is 3.42. The van der Waals surface area contributed by atoms with Gasteiger partial charge >= 0.3 is 12.0 Å². The molecule has 0 saturated carbocycles. The van der Waals surface area contributed by atoms with Gasteiger partial charge in [0.15, 0.2) is 0 Å². The van der Waals surface area contributed by atoms with E-state index in [2.05, 4.69) is 20.8 Å². The van der Waals surface area contributed by atoms with Gasteiger partial charge in [-0.1, -0.05) is 17.4 Å². The lowest BCUT2D eigenvalue weighted by atomic mass is 9.99. The Balaban J connectivity index is 2.02. The summed E-state index contributed by atoms with van der Waals surface area (Å²) in [6.45, 7) is 5.30. The van der Waals surface area contributed by atoms with Crippen molar-refractivity contribution in [1.82, 2.24) is 15.5 Å². The molecule has 0 bridgehead atoms. The highest BCUT2D eigenvalue weighted by Crippen LogP contribution is 2.29. The predicted molar refractivity (Wildman–Crippen MR) is 93.1 cm³/mol. The van der Waals surface area contributed by atoms with Gasteiger partial charge in [-0.05, 0) is 44.9 Å². The highest BCUT2D eigenvalue weighted by molar-refractivity contribution is 7.18. The molecule has 2 amide bonds. The van der Waals surface area contributed by atoms with Crippen LogP contribution in [0.2, 0.25) is 0 Å². The van der Waals surface area contributed by atoms with Crippen LogP contribution in [0.15, 0.2) is 18.2 Å². The first-order chi connectivity index (χ1) is 11.7. The number of halogens is 1. The Kier molecular flexibility index (Phi) is 5.68. The second-order valence-electron chi connectivity index (χ2n) is 6.23. The third kappa shape index (κ3) is 5.49. The number of benzene rings is 1. The number of hydrogen-bond donors (Lipinski definition) is 3. The van der Waals surface area contributed by atoms with Crippen LogP contribution in [0.4, 0.5) is 14.3 Å². The molecule has 2 aromatic rings.